The molecule has 22 heavy (non-hydrogen) atoms. The predicted octanol–water partition coefficient (Wildman–Crippen LogP) is 3.99. The Morgan fingerprint density at radius 2 is 1.95 bits per heavy atom. The van der Waals surface area contributed by atoms with Crippen molar-refractivity contribution in [1.82, 2.24) is 4.98 Å². The van der Waals surface area contributed by atoms with E-state index >= 15 is 0 Å². The zero-order valence-electron chi connectivity index (χ0n) is 13.6. The number of rotatable bonds is 4. The smallest absolute Gasteiger partial charge is 0.230 e. The number of amides is 1. The van der Waals surface area contributed by atoms with Gasteiger partial charge in [0.1, 0.15) is 5.82 Å². The largest absolute Gasteiger partial charge is 0.380 e. The lowest BCUT2D eigenvalue weighted by Crippen LogP contribution is -2.27. The molecule has 0 fully saturated rings. The van der Waals surface area contributed by atoms with Crippen molar-refractivity contribution in [3.05, 3.63) is 53.7 Å². The Hall–Kier alpha value is -2.36. The molecule has 116 valence electrons. The zero-order valence-corrected chi connectivity index (χ0v) is 13.6. The van der Waals surface area contributed by atoms with Crippen LogP contribution in [0.2, 0.25) is 0 Å². The van der Waals surface area contributed by atoms with Crippen LogP contribution in [0.25, 0.3) is 0 Å². The lowest BCUT2D eigenvalue weighted by molar-refractivity contribution is -0.123. The summed E-state index contributed by atoms with van der Waals surface area (Å²) in [5, 5.41) is 6.14. The van der Waals surface area contributed by atoms with Crippen molar-refractivity contribution in [3.8, 4) is 0 Å². The number of aromatic nitrogens is 1. The second-order valence-corrected chi connectivity index (χ2v) is 6.48. The molecular formula is C18H23N3O. The molecule has 0 aliphatic rings. The summed E-state index contributed by atoms with van der Waals surface area (Å²) < 4.78 is 0. The Balaban J connectivity index is 1.93. The molecule has 0 bridgehead atoms. The number of hydrogen-bond donors (Lipinski definition) is 2. The molecule has 0 atom stereocenters. The second kappa shape index (κ2) is 6.60. The van der Waals surface area contributed by atoms with Gasteiger partial charge in [-0.05, 0) is 24.6 Å². The molecule has 1 aromatic heterocycles. The lowest BCUT2D eigenvalue weighted by Gasteiger charge is -2.17. The highest BCUT2D eigenvalue weighted by molar-refractivity contribution is 5.93. The molecule has 4 nitrogen and oxygen atoms in total. The molecule has 1 aromatic carbocycles. The van der Waals surface area contributed by atoms with Crippen molar-refractivity contribution in [2.75, 3.05) is 10.6 Å². The third kappa shape index (κ3) is 4.58. The normalized spacial score (nSPS) is 11.1. The summed E-state index contributed by atoms with van der Waals surface area (Å²) in [6, 6.07) is 12.1. The second-order valence-electron chi connectivity index (χ2n) is 6.48. The van der Waals surface area contributed by atoms with Gasteiger partial charge in [-0.3, -0.25) is 4.79 Å². The zero-order chi connectivity index (χ0) is 16.2. The van der Waals surface area contributed by atoms with Crippen LogP contribution in [-0.2, 0) is 11.3 Å². The highest BCUT2D eigenvalue weighted by atomic mass is 16.2. The van der Waals surface area contributed by atoms with Gasteiger partial charge in [-0.15, -0.1) is 0 Å². The van der Waals surface area contributed by atoms with Gasteiger partial charge in [0.15, 0.2) is 0 Å². The fraction of sp³-hybridized carbons (Fsp3) is 0.333. The van der Waals surface area contributed by atoms with Gasteiger partial charge in [0.2, 0.25) is 5.91 Å². The van der Waals surface area contributed by atoms with Crippen LogP contribution in [0.5, 0.6) is 0 Å². The lowest BCUT2D eigenvalue weighted by atomic mass is 9.96. The number of hydrogen-bond acceptors (Lipinski definition) is 3. The van der Waals surface area contributed by atoms with Gasteiger partial charge >= 0.3 is 0 Å². The minimum atomic E-state index is -0.427. The summed E-state index contributed by atoms with van der Waals surface area (Å²) in [6.07, 6.45) is 1.73. The predicted molar refractivity (Wildman–Crippen MR) is 90.8 cm³/mol. The maximum absolute atomic E-state index is 11.9. The molecule has 2 rings (SSSR count). The van der Waals surface area contributed by atoms with Crippen LogP contribution in [0.15, 0.2) is 42.6 Å². The molecule has 2 N–H and O–H groups in total. The molecule has 1 amide bonds. The van der Waals surface area contributed by atoms with E-state index in [1.807, 2.05) is 32.9 Å². The number of nitrogens with zero attached hydrogens (tertiary/aromatic N) is 1. The van der Waals surface area contributed by atoms with Gasteiger partial charge in [0, 0.05) is 12.0 Å². The standard InChI is InChI=1S/C18H23N3O/c1-13-6-5-7-14(10-13)11-19-15-8-9-16(20-12-15)21-17(22)18(2,3)4/h5-10,12,19H,11H2,1-4H3,(H,20,21,22). The molecule has 0 saturated heterocycles. The SMILES string of the molecule is Cc1cccc(CNc2ccc(NC(=O)C(C)(C)C)nc2)c1. The van der Waals surface area contributed by atoms with Crippen LogP contribution >= 0.6 is 0 Å². The van der Waals surface area contributed by atoms with Crippen molar-refractivity contribution < 1.29 is 4.79 Å². The first-order chi connectivity index (χ1) is 10.3. The van der Waals surface area contributed by atoms with E-state index in [0.29, 0.717) is 5.82 Å². The van der Waals surface area contributed by atoms with E-state index in [-0.39, 0.29) is 5.91 Å². The van der Waals surface area contributed by atoms with Gasteiger partial charge in [-0.25, -0.2) is 4.98 Å². The number of carbonyl (C=O) groups is 1. The van der Waals surface area contributed by atoms with Crippen molar-refractivity contribution >= 4 is 17.4 Å². The first kappa shape index (κ1) is 16.0. The Labute approximate surface area is 132 Å². The maximum Gasteiger partial charge on any atom is 0.230 e. The molecular weight excluding hydrogens is 274 g/mol. The quantitative estimate of drug-likeness (QED) is 0.897. The molecule has 2 aromatic rings. The van der Waals surface area contributed by atoms with Crippen LogP contribution in [0.1, 0.15) is 31.9 Å². The first-order valence-corrected chi connectivity index (χ1v) is 7.41. The Morgan fingerprint density at radius 3 is 2.55 bits per heavy atom. The fourth-order valence-electron chi connectivity index (χ4n) is 1.90. The number of nitrogens with one attached hydrogen (secondary N) is 2. The molecule has 0 radical (unpaired) electrons. The Bertz CT molecular complexity index is 642. The van der Waals surface area contributed by atoms with Crippen LogP contribution in [-0.4, -0.2) is 10.9 Å². The Kier molecular flexibility index (Phi) is 4.81. The van der Waals surface area contributed by atoms with Crippen LogP contribution in [0.3, 0.4) is 0 Å². The molecule has 0 aliphatic carbocycles. The third-order valence-corrected chi connectivity index (χ3v) is 3.27. The fourth-order valence-corrected chi connectivity index (χ4v) is 1.90. The van der Waals surface area contributed by atoms with Crippen LogP contribution in [0.4, 0.5) is 11.5 Å². The average molecular weight is 297 g/mol. The number of pyridine rings is 1. The number of benzene rings is 1. The monoisotopic (exact) mass is 297 g/mol. The first-order valence-electron chi connectivity index (χ1n) is 7.41. The maximum atomic E-state index is 11.9. The molecule has 0 unspecified atom stereocenters. The van der Waals surface area contributed by atoms with Gasteiger partial charge in [0.25, 0.3) is 0 Å². The Morgan fingerprint density at radius 1 is 1.18 bits per heavy atom. The minimum Gasteiger partial charge on any atom is -0.380 e. The van der Waals surface area contributed by atoms with Gasteiger partial charge in [-0.2, -0.15) is 0 Å². The van der Waals surface area contributed by atoms with Gasteiger partial charge < -0.3 is 10.6 Å². The van der Waals surface area contributed by atoms with E-state index in [1.165, 1.54) is 11.1 Å². The molecule has 0 spiro atoms. The van der Waals surface area contributed by atoms with Gasteiger partial charge in [0.05, 0.1) is 11.9 Å². The molecule has 0 aliphatic heterocycles. The van der Waals surface area contributed by atoms with E-state index in [2.05, 4.69) is 46.8 Å². The summed E-state index contributed by atoms with van der Waals surface area (Å²) in [5.41, 5.74) is 2.97. The summed E-state index contributed by atoms with van der Waals surface area (Å²) >= 11 is 0. The minimum absolute atomic E-state index is 0.0412. The van der Waals surface area contributed by atoms with E-state index in [0.717, 1.165) is 12.2 Å². The van der Waals surface area contributed by atoms with E-state index in [9.17, 15) is 4.79 Å². The summed E-state index contributed by atoms with van der Waals surface area (Å²) in [4.78, 5) is 16.2. The van der Waals surface area contributed by atoms with E-state index in [1.54, 1.807) is 6.20 Å². The van der Waals surface area contributed by atoms with Crippen molar-refractivity contribution in [3.63, 3.8) is 0 Å². The van der Waals surface area contributed by atoms with Crippen molar-refractivity contribution in [2.24, 2.45) is 5.41 Å². The molecule has 4 heteroatoms. The third-order valence-electron chi connectivity index (χ3n) is 3.27. The number of aryl methyl sites for hydroxylation is 1. The summed E-state index contributed by atoms with van der Waals surface area (Å²) in [5.74, 6) is 0.529. The van der Waals surface area contributed by atoms with Gasteiger partial charge in [-0.1, -0.05) is 50.6 Å². The van der Waals surface area contributed by atoms with Crippen molar-refractivity contribution in [1.29, 1.82) is 0 Å². The highest BCUT2D eigenvalue weighted by Gasteiger charge is 2.21. The molecule has 1 heterocycles. The van der Waals surface area contributed by atoms with Crippen LogP contribution in [0, 0.1) is 12.3 Å². The highest BCUT2D eigenvalue weighted by Crippen LogP contribution is 2.17. The van der Waals surface area contributed by atoms with Crippen molar-refractivity contribution in [2.45, 2.75) is 34.2 Å². The molecule has 0 saturated carbocycles. The van der Waals surface area contributed by atoms with Crippen LogP contribution < -0.4 is 10.6 Å². The topological polar surface area (TPSA) is 54.0 Å². The number of carbonyl (C=O) groups excluding carboxylic acids is 1. The summed E-state index contributed by atoms with van der Waals surface area (Å²) in [6.45, 7) is 8.45. The average Bonchev–Trinajstić information content (AvgIpc) is 2.45. The van der Waals surface area contributed by atoms with E-state index < -0.39 is 5.41 Å². The summed E-state index contributed by atoms with van der Waals surface area (Å²) in [7, 11) is 0. The van der Waals surface area contributed by atoms with E-state index in [4.69, 9.17) is 0 Å². The number of anilines is 2.